The summed E-state index contributed by atoms with van der Waals surface area (Å²) >= 11 is 0. The van der Waals surface area contributed by atoms with Crippen molar-refractivity contribution in [2.45, 2.75) is 31.0 Å². The van der Waals surface area contributed by atoms with Crippen LogP contribution in [-0.2, 0) is 18.9 Å². The van der Waals surface area contributed by atoms with Crippen molar-refractivity contribution in [3.8, 4) is 0 Å². The molecule has 2 aliphatic rings. The molecule has 2 aliphatic heterocycles. The molecule has 0 atom stereocenters. The molecule has 0 amide bonds. The number of hydrogen-bond donors (Lipinski definition) is 2. The molecule has 8 heteroatoms. The fourth-order valence-electron chi connectivity index (χ4n) is 1.52. The molecule has 2 heterocycles. The summed E-state index contributed by atoms with van der Waals surface area (Å²) in [5.74, 6) is -4.19. The van der Waals surface area contributed by atoms with Gasteiger partial charge >= 0.3 is 24.1 Å². The number of aliphatic hydroxyl groups excluding tert-OH is 1. The van der Waals surface area contributed by atoms with Gasteiger partial charge in [-0.3, -0.25) is 0 Å². The van der Waals surface area contributed by atoms with Gasteiger partial charge in [-0.1, -0.05) is 0 Å². The molecule has 0 spiro atoms. The van der Waals surface area contributed by atoms with Gasteiger partial charge in [0.25, 0.3) is 0 Å². The summed E-state index contributed by atoms with van der Waals surface area (Å²) in [4.78, 5) is 21.1. The Bertz CT molecular complexity index is 308. The largest absolute Gasteiger partial charge is 0.518 e. The van der Waals surface area contributed by atoms with Crippen molar-refractivity contribution in [3.05, 3.63) is 0 Å². The lowest BCUT2D eigenvalue weighted by Crippen LogP contribution is -2.73. The van der Waals surface area contributed by atoms with E-state index in [0.29, 0.717) is 12.8 Å². The number of carbonyl (C=O) groups is 2. The van der Waals surface area contributed by atoms with Gasteiger partial charge in [0.2, 0.25) is 0 Å². The van der Waals surface area contributed by atoms with Crippen LogP contribution in [0, 0.1) is 0 Å². The third-order valence-electron chi connectivity index (χ3n) is 2.34. The molecule has 0 aromatic heterocycles. The van der Waals surface area contributed by atoms with Gasteiger partial charge in [0.05, 0.1) is 0 Å². The normalized spacial score (nSPS) is 24.1. The van der Waals surface area contributed by atoms with Crippen molar-refractivity contribution in [2.24, 2.45) is 0 Å². The Morgan fingerprint density at radius 2 is 1.56 bits per heavy atom. The van der Waals surface area contributed by atoms with Crippen molar-refractivity contribution in [2.75, 3.05) is 6.61 Å². The molecule has 2 rings (SSSR count). The number of carbonyl (C=O) groups excluding carboxylic acids is 2. The highest BCUT2D eigenvalue weighted by atomic mass is 17.0. The molecule has 0 aliphatic carbocycles. The van der Waals surface area contributed by atoms with Gasteiger partial charge in [-0.2, -0.15) is 0 Å². The minimum atomic E-state index is -2.38. The van der Waals surface area contributed by atoms with E-state index in [4.69, 9.17) is 5.11 Å². The highest BCUT2D eigenvalue weighted by Crippen LogP contribution is 2.45. The summed E-state index contributed by atoms with van der Waals surface area (Å²) < 4.78 is 18.0. The second-order valence-electron chi connectivity index (χ2n) is 3.42. The maximum absolute atomic E-state index is 10.6. The Hall–Kier alpha value is -1.54. The van der Waals surface area contributed by atoms with Crippen LogP contribution in [0.25, 0.3) is 0 Å². The molecule has 0 bridgehead atoms. The van der Waals surface area contributed by atoms with E-state index in [0.717, 1.165) is 0 Å². The van der Waals surface area contributed by atoms with Crippen LogP contribution >= 0.6 is 0 Å². The molecule has 0 unspecified atom stereocenters. The highest BCUT2D eigenvalue weighted by molar-refractivity contribution is 5.69. The maximum atomic E-state index is 10.6. The predicted molar refractivity (Wildman–Crippen MR) is 43.7 cm³/mol. The predicted octanol–water partition coefficient (Wildman–Crippen LogP) is -0.175. The number of ether oxygens (including phenoxy) is 4. The van der Waals surface area contributed by atoms with Crippen molar-refractivity contribution in [3.63, 3.8) is 0 Å². The minimum Gasteiger partial charge on any atom is -0.396 e. The van der Waals surface area contributed by atoms with Gasteiger partial charge in [0.1, 0.15) is 0 Å². The van der Waals surface area contributed by atoms with Crippen LogP contribution in [0.5, 0.6) is 0 Å². The standard InChI is InChI=1S/C8H10O8/c9-4-2-1-3-7(13-5(10)14-7)8(12)15-6(11)16-8/h9,12H,1-4H2. The number of unbranched alkanes of at least 4 members (excludes halogenated alkanes) is 1. The molecule has 0 saturated carbocycles. The summed E-state index contributed by atoms with van der Waals surface area (Å²) in [5.41, 5.74) is 0. The van der Waals surface area contributed by atoms with Crippen LogP contribution < -0.4 is 0 Å². The fraction of sp³-hybridized carbons (Fsp3) is 0.750. The first-order valence-electron chi connectivity index (χ1n) is 4.68. The lowest BCUT2D eigenvalue weighted by molar-refractivity contribution is -0.515. The van der Waals surface area contributed by atoms with E-state index in [-0.39, 0.29) is 13.0 Å². The number of rotatable bonds is 5. The number of aliphatic hydroxyl groups is 2. The Labute approximate surface area is 89.6 Å². The molecular formula is C8H10O8. The van der Waals surface area contributed by atoms with E-state index >= 15 is 0 Å². The van der Waals surface area contributed by atoms with Gasteiger partial charge in [-0.25, -0.2) is 9.59 Å². The molecule has 0 aromatic carbocycles. The zero-order valence-corrected chi connectivity index (χ0v) is 8.17. The van der Waals surface area contributed by atoms with E-state index in [9.17, 15) is 14.7 Å². The van der Waals surface area contributed by atoms with E-state index in [1.165, 1.54) is 0 Å². The number of hydrogen-bond acceptors (Lipinski definition) is 8. The molecule has 8 nitrogen and oxygen atoms in total. The minimum absolute atomic E-state index is 0.0447. The Morgan fingerprint density at radius 3 is 2.00 bits per heavy atom. The van der Waals surface area contributed by atoms with Crippen molar-refractivity contribution in [1.29, 1.82) is 0 Å². The first kappa shape index (κ1) is 11.0. The van der Waals surface area contributed by atoms with Gasteiger partial charge in [0.15, 0.2) is 0 Å². The van der Waals surface area contributed by atoms with Crippen LogP contribution in [0.4, 0.5) is 9.59 Å². The Morgan fingerprint density at radius 1 is 1.00 bits per heavy atom. The molecule has 2 N–H and O–H groups in total. The third kappa shape index (κ3) is 1.46. The summed E-state index contributed by atoms with van der Waals surface area (Å²) in [5, 5.41) is 18.2. The quantitative estimate of drug-likeness (QED) is 0.498. The average molecular weight is 234 g/mol. The van der Waals surface area contributed by atoms with E-state index in [1.54, 1.807) is 0 Å². The summed E-state index contributed by atoms with van der Waals surface area (Å²) in [6.07, 6.45) is -1.19. The fourth-order valence-corrected chi connectivity index (χ4v) is 1.52. The van der Waals surface area contributed by atoms with Gasteiger partial charge in [-0.05, 0) is 12.8 Å². The molecule has 90 valence electrons. The smallest absolute Gasteiger partial charge is 0.396 e. The average Bonchev–Trinajstić information content (AvgIpc) is 2.12. The van der Waals surface area contributed by atoms with Crippen LogP contribution in [-0.4, -0.2) is 40.9 Å². The topological polar surface area (TPSA) is 112 Å². The SMILES string of the molecule is O=C1OC(O)(C2(CCCCO)OC(=O)O2)O1. The molecule has 16 heavy (non-hydrogen) atoms. The van der Waals surface area contributed by atoms with Crippen LogP contribution in [0.3, 0.4) is 0 Å². The van der Waals surface area contributed by atoms with E-state index in [2.05, 4.69) is 18.9 Å². The maximum Gasteiger partial charge on any atom is 0.518 e. The van der Waals surface area contributed by atoms with Crippen LogP contribution in [0.15, 0.2) is 0 Å². The van der Waals surface area contributed by atoms with E-state index < -0.39 is 24.1 Å². The van der Waals surface area contributed by atoms with Crippen molar-refractivity contribution < 1.29 is 38.7 Å². The van der Waals surface area contributed by atoms with Crippen molar-refractivity contribution in [1.82, 2.24) is 0 Å². The summed E-state index contributed by atoms with van der Waals surface area (Å²) in [6, 6.07) is 0. The van der Waals surface area contributed by atoms with E-state index in [1.807, 2.05) is 0 Å². The zero-order chi connectivity index (χ0) is 11.8. The van der Waals surface area contributed by atoms with Gasteiger partial charge < -0.3 is 29.2 Å². The molecule has 0 aromatic rings. The van der Waals surface area contributed by atoms with Crippen LogP contribution in [0.1, 0.15) is 19.3 Å². The monoisotopic (exact) mass is 234 g/mol. The summed E-state index contributed by atoms with van der Waals surface area (Å²) in [6.45, 7) is -0.0525. The third-order valence-corrected chi connectivity index (χ3v) is 2.34. The molecule has 2 fully saturated rings. The zero-order valence-electron chi connectivity index (χ0n) is 8.17. The highest BCUT2D eigenvalue weighted by Gasteiger charge is 2.74. The second kappa shape index (κ2) is 3.49. The second-order valence-corrected chi connectivity index (χ2v) is 3.42. The molecular weight excluding hydrogens is 224 g/mol. The van der Waals surface area contributed by atoms with Gasteiger partial charge in [-0.15, -0.1) is 0 Å². The molecule has 2 saturated heterocycles. The Kier molecular flexibility index (Phi) is 2.39. The lowest BCUT2D eigenvalue weighted by Gasteiger charge is -2.49. The van der Waals surface area contributed by atoms with Crippen LogP contribution in [0.2, 0.25) is 0 Å². The lowest BCUT2D eigenvalue weighted by atomic mass is 10.0. The number of cyclic esters (lactones) is 4. The Balaban J connectivity index is 1.99. The summed E-state index contributed by atoms with van der Waals surface area (Å²) in [7, 11) is 0. The first-order valence-corrected chi connectivity index (χ1v) is 4.68. The van der Waals surface area contributed by atoms with Crippen molar-refractivity contribution >= 4 is 12.3 Å². The molecule has 0 radical (unpaired) electrons. The van der Waals surface area contributed by atoms with Gasteiger partial charge in [0, 0.05) is 13.0 Å². The first-order chi connectivity index (χ1) is 7.51.